The third-order valence-electron chi connectivity index (χ3n) is 3.73. The summed E-state index contributed by atoms with van der Waals surface area (Å²) in [7, 11) is 0. The molecule has 0 spiro atoms. The van der Waals surface area contributed by atoms with Crippen molar-refractivity contribution < 1.29 is 23.9 Å². The number of carbonyl (C=O) groups excluding carboxylic acids is 3. The Kier molecular flexibility index (Phi) is 4.41. The monoisotopic (exact) mass is 334 g/mol. The first-order valence-electron chi connectivity index (χ1n) is 7.55. The minimum absolute atomic E-state index is 0.118. The van der Waals surface area contributed by atoms with Gasteiger partial charge in [-0.1, -0.05) is 0 Å². The molecule has 0 radical (unpaired) electrons. The number of amides is 4. The van der Waals surface area contributed by atoms with Crippen molar-refractivity contribution in [3.05, 3.63) is 18.2 Å². The largest absolute Gasteiger partial charge is 0.486 e. The van der Waals surface area contributed by atoms with Crippen molar-refractivity contribution in [2.24, 2.45) is 5.73 Å². The van der Waals surface area contributed by atoms with Crippen molar-refractivity contribution in [3.63, 3.8) is 0 Å². The van der Waals surface area contributed by atoms with Crippen LogP contribution in [0.25, 0.3) is 0 Å². The van der Waals surface area contributed by atoms with Gasteiger partial charge >= 0.3 is 6.03 Å². The lowest BCUT2D eigenvalue weighted by Crippen LogP contribution is -2.42. The van der Waals surface area contributed by atoms with Crippen LogP contribution in [-0.4, -0.2) is 62.1 Å². The van der Waals surface area contributed by atoms with Crippen molar-refractivity contribution in [1.82, 2.24) is 10.2 Å². The van der Waals surface area contributed by atoms with Crippen LogP contribution >= 0.6 is 0 Å². The van der Waals surface area contributed by atoms with Gasteiger partial charge in [-0.2, -0.15) is 0 Å². The van der Waals surface area contributed by atoms with E-state index < -0.39 is 11.8 Å². The molecule has 0 aromatic heterocycles. The minimum atomic E-state index is -0.631. The molecule has 0 bridgehead atoms. The summed E-state index contributed by atoms with van der Waals surface area (Å²) in [5, 5.41) is 2.36. The van der Waals surface area contributed by atoms with Crippen LogP contribution in [0.2, 0.25) is 0 Å². The van der Waals surface area contributed by atoms with Crippen molar-refractivity contribution >= 4 is 23.5 Å². The molecular weight excluding hydrogens is 316 g/mol. The van der Waals surface area contributed by atoms with Gasteiger partial charge in [-0.25, -0.2) is 4.79 Å². The third-order valence-corrected chi connectivity index (χ3v) is 3.73. The normalized spacial score (nSPS) is 16.2. The number of rotatable bonds is 5. The summed E-state index contributed by atoms with van der Waals surface area (Å²) in [6.07, 6.45) is 0. The lowest BCUT2D eigenvalue weighted by atomic mass is 10.2. The van der Waals surface area contributed by atoms with E-state index in [9.17, 15) is 14.4 Å². The van der Waals surface area contributed by atoms with Crippen molar-refractivity contribution in [2.75, 3.05) is 44.3 Å². The minimum Gasteiger partial charge on any atom is -0.486 e. The highest BCUT2D eigenvalue weighted by molar-refractivity contribution is 5.97. The van der Waals surface area contributed by atoms with E-state index in [1.165, 1.54) is 4.90 Å². The Bertz CT molecular complexity index is 678. The first-order valence-corrected chi connectivity index (χ1v) is 7.55. The van der Waals surface area contributed by atoms with Crippen LogP contribution in [0.1, 0.15) is 0 Å². The molecule has 1 fully saturated rings. The second-order valence-corrected chi connectivity index (χ2v) is 5.43. The van der Waals surface area contributed by atoms with E-state index in [2.05, 4.69) is 5.32 Å². The second kappa shape index (κ2) is 6.65. The Morgan fingerprint density at radius 2 is 1.92 bits per heavy atom. The first-order chi connectivity index (χ1) is 11.5. The Hall–Kier alpha value is -2.97. The SMILES string of the molecule is NC(=O)CNC(=O)CN1CCN(c2ccc3c(c2)OCCO3)C1=O. The topological polar surface area (TPSA) is 114 Å². The quantitative estimate of drug-likeness (QED) is 0.739. The predicted octanol–water partition coefficient (Wildman–Crippen LogP) is -0.699. The zero-order chi connectivity index (χ0) is 17.1. The summed E-state index contributed by atoms with van der Waals surface area (Å²) in [5.74, 6) is 0.198. The number of nitrogens with two attached hydrogens (primary N) is 1. The van der Waals surface area contributed by atoms with Gasteiger partial charge in [-0.05, 0) is 12.1 Å². The zero-order valence-electron chi connectivity index (χ0n) is 13.0. The fourth-order valence-corrected chi connectivity index (χ4v) is 2.58. The average Bonchev–Trinajstić information content (AvgIpc) is 2.93. The molecule has 0 unspecified atom stereocenters. The smallest absolute Gasteiger partial charge is 0.325 e. The molecule has 1 saturated heterocycles. The van der Waals surface area contributed by atoms with E-state index >= 15 is 0 Å². The van der Waals surface area contributed by atoms with Gasteiger partial charge in [0.05, 0.1) is 6.54 Å². The predicted molar refractivity (Wildman–Crippen MR) is 84.0 cm³/mol. The summed E-state index contributed by atoms with van der Waals surface area (Å²) in [6.45, 7) is 1.48. The number of hydrogen-bond acceptors (Lipinski definition) is 5. The van der Waals surface area contributed by atoms with Crippen LogP contribution in [0.5, 0.6) is 11.5 Å². The maximum Gasteiger partial charge on any atom is 0.325 e. The van der Waals surface area contributed by atoms with Gasteiger partial charge in [0.1, 0.15) is 19.8 Å². The van der Waals surface area contributed by atoms with Crippen molar-refractivity contribution in [3.8, 4) is 11.5 Å². The van der Waals surface area contributed by atoms with Gasteiger partial charge in [-0.15, -0.1) is 0 Å². The van der Waals surface area contributed by atoms with Crippen LogP contribution in [0.3, 0.4) is 0 Å². The molecule has 3 N–H and O–H groups in total. The van der Waals surface area contributed by atoms with Crippen molar-refractivity contribution in [1.29, 1.82) is 0 Å². The number of anilines is 1. The van der Waals surface area contributed by atoms with Gasteiger partial charge in [0, 0.05) is 24.8 Å². The van der Waals surface area contributed by atoms with E-state index in [1.54, 1.807) is 23.1 Å². The molecule has 0 atom stereocenters. The molecule has 1 aromatic carbocycles. The van der Waals surface area contributed by atoms with Crippen LogP contribution in [-0.2, 0) is 9.59 Å². The lowest BCUT2D eigenvalue weighted by Gasteiger charge is -2.22. The summed E-state index contributed by atoms with van der Waals surface area (Å²) >= 11 is 0. The van der Waals surface area contributed by atoms with Crippen LogP contribution < -0.4 is 25.4 Å². The molecule has 2 aliphatic rings. The van der Waals surface area contributed by atoms with E-state index in [0.29, 0.717) is 43.5 Å². The Labute approximate surface area is 138 Å². The summed E-state index contributed by atoms with van der Waals surface area (Å²) in [6, 6.07) is 5.02. The second-order valence-electron chi connectivity index (χ2n) is 5.43. The van der Waals surface area contributed by atoms with E-state index in [0.717, 1.165) is 0 Å². The van der Waals surface area contributed by atoms with Crippen LogP contribution in [0, 0.1) is 0 Å². The van der Waals surface area contributed by atoms with Crippen LogP contribution in [0.4, 0.5) is 10.5 Å². The summed E-state index contributed by atoms with van der Waals surface area (Å²) < 4.78 is 11.0. The van der Waals surface area contributed by atoms with Gasteiger partial charge in [0.15, 0.2) is 11.5 Å². The maximum atomic E-state index is 12.5. The molecule has 0 saturated carbocycles. The molecule has 4 amide bonds. The average molecular weight is 334 g/mol. The third kappa shape index (κ3) is 3.34. The number of carbonyl (C=O) groups is 3. The highest BCUT2D eigenvalue weighted by atomic mass is 16.6. The van der Waals surface area contributed by atoms with E-state index in [1.807, 2.05) is 0 Å². The van der Waals surface area contributed by atoms with E-state index in [-0.39, 0.29) is 19.1 Å². The number of hydrogen-bond donors (Lipinski definition) is 2. The molecular formula is C15H18N4O5. The number of ether oxygens (including phenoxy) is 2. The molecule has 3 rings (SSSR count). The number of urea groups is 1. The van der Waals surface area contributed by atoms with Gasteiger partial charge < -0.3 is 25.4 Å². The maximum absolute atomic E-state index is 12.5. The van der Waals surface area contributed by atoms with Gasteiger partial charge in [-0.3, -0.25) is 14.5 Å². The Balaban J connectivity index is 1.63. The standard InChI is InChI=1S/C15H18N4O5/c16-13(20)8-17-14(21)9-18-3-4-19(15(18)22)10-1-2-11-12(7-10)24-6-5-23-11/h1-2,7H,3-6,8-9H2,(H2,16,20)(H,17,21). The number of nitrogens with zero attached hydrogens (tertiary/aromatic N) is 2. The van der Waals surface area contributed by atoms with Crippen LogP contribution in [0.15, 0.2) is 18.2 Å². The Morgan fingerprint density at radius 1 is 1.17 bits per heavy atom. The Morgan fingerprint density at radius 3 is 2.67 bits per heavy atom. The zero-order valence-corrected chi connectivity index (χ0v) is 13.0. The molecule has 0 aliphatic carbocycles. The molecule has 9 nitrogen and oxygen atoms in total. The molecule has 128 valence electrons. The fourth-order valence-electron chi connectivity index (χ4n) is 2.58. The fraction of sp³-hybridized carbons (Fsp3) is 0.400. The first kappa shape index (κ1) is 15.9. The molecule has 9 heteroatoms. The number of fused-ring (bicyclic) bond motifs is 1. The molecule has 24 heavy (non-hydrogen) atoms. The highest BCUT2D eigenvalue weighted by Gasteiger charge is 2.31. The lowest BCUT2D eigenvalue weighted by molar-refractivity contribution is -0.125. The number of nitrogens with one attached hydrogen (secondary N) is 1. The van der Waals surface area contributed by atoms with Gasteiger partial charge in [0.2, 0.25) is 11.8 Å². The van der Waals surface area contributed by atoms with E-state index in [4.69, 9.17) is 15.2 Å². The van der Waals surface area contributed by atoms with Gasteiger partial charge in [0.25, 0.3) is 0 Å². The number of benzene rings is 1. The number of primary amides is 1. The molecule has 2 heterocycles. The summed E-state index contributed by atoms with van der Waals surface area (Å²) in [5.41, 5.74) is 5.65. The van der Waals surface area contributed by atoms with Crippen molar-refractivity contribution in [2.45, 2.75) is 0 Å². The highest BCUT2D eigenvalue weighted by Crippen LogP contribution is 2.34. The summed E-state index contributed by atoms with van der Waals surface area (Å²) in [4.78, 5) is 37.8. The molecule has 2 aliphatic heterocycles. The molecule has 1 aromatic rings.